The first-order valence-electron chi connectivity index (χ1n) is 5.61. The number of para-hydroxylation sites is 2. The van der Waals surface area contributed by atoms with Crippen molar-refractivity contribution in [3.05, 3.63) is 46.2 Å². The molecular formula is C13H12N4S. The van der Waals surface area contributed by atoms with Crippen LogP contribution in [0.2, 0.25) is 0 Å². The van der Waals surface area contributed by atoms with Crippen LogP contribution in [0.25, 0.3) is 11.0 Å². The Morgan fingerprint density at radius 2 is 2.17 bits per heavy atom. The molecule has 4 nitrogen and oxygen atoms in total. The van der Waals surface area contributed by atoms with Gasteiger partial charge in [-0.2, -0.15) is 5.10 Å². The number of rotatable bonds is 3. The first-order chi connectivity index (χ1) is 8.81. The normalized spacial score (nSPS) is 11.4. The van der Waals surface area contributed by atoms with Gasteiger partial charge in [-0.15, -0.1) is 11.3 Å². The van der Waals surface area contributed by atoms with Gasteiger partial charge in [-0.1, -0.05) is 12.1 Å². The minimum absolute atomic E-state index is 0.653. The highest BCUT2D eigenvalue weighted by atomic mass is 32.1. The van der Waals surface area contributed by atoms with Gasteiger partial charge in [-0.05, 0) is 31.2 Å². The van der Waals surface area contributed by atoms with Gasteiger partial charge in [0.25, 0.3) is 0 Å². The van der Waals surface area contributed by atoms with Crippen LogP contribution in [0.5, 0.6) is 0 Å². The first-order valence-corrected chi connectivity index (χ1v) is 6.43. The van der Waals surface area contributed by atoms with Crippen molar-refractivity contribution in [1.82, 2.24) is 9.97 Å². The number of H-pyrrole nitrogens is 1. The van der Waals surface area contributed by atoms with Crippen LogP contribution in [-0.4, -0.2) is 16.2 Å². The molecule has 90 valence electrons. The van der Waals surface area contributed by atoms with E-state index in [9.17, 15) is 0 Å². The Labute approximate surface area is 108 Å². The Kier molecular flexibility index (Phi) is 2.82. The quantitative estimate of drug-likeness (QED) is 0.557. The predicted molar refractivity (Wildman–Crippen MR) is 76.4 cm³/mol. The fraction of sp³-hybridized carbons (Fsp3) is 0.0769. The summed E-state index contributed by atoms with van der Waals surface area (Å²) in [7, 11) is 0. The van der Waals surface area contributed by atoms with Crippen LogP contribution in [0.1, 0.15) is 9.75 Å². The zero-order valence-corrected chi connectivity index (χ0v) is 10.7. The molecule has 0 saturated carbocycles. The van der Waals surface area contributed by atoms with E-state index in [0.29, 0.717) is 5.95 Å². The lowest BCUT2D eigenvalue weighted by Crippen LogP contribution is -1.90. The molecule has 0 aliphatic carbocycles. The van der Waals surface area contributed by atoms with Crippen molar-refractivity contribution in [2.24, 2.45) is 5.10 Å². The molecule has 3 aromatic rings. The molecule has 0 aliphatic heterocycles. The molecule has 0 aliphatic rings. The van der Waals surface area contributed by atoms with Gasteiger partial charge < -0.3 is 4.98 Å². The summed E-state index contributed by atoms with van der Waals surface area (Å²) in [6, 6.07) is 12.0. The van der Waals surface area contributed by atoms with E-state index in [4.69, 9.17) is 0 Å². The number of thiophene rings is 1. The molecule has 0 spiro atoms. The molecule has 2 heterocycles. The molecule has 1 aromatic carbocycles. The minimum Gasteiger partial charge on any atom is -0.323 e. The summed E-state index contributed by atoms with van der Waals surface area (Å²) in [5.41, 5.74) is 4.84. The molecule has 18 heavy (non-hydrogen) atoms. The van der Waals surface area contributed by atoms with E-state index in [1.807, 2.05) is 30.3 Å². The van der Waals surface area contributed by atoms with Crippen LogP contribution in [0.15, 0.2) is 41.5 Å². The Morgan fingerprint density at radius 1 is 1.28 bits per heavy atom. The average Bonchev–Trinajstić information content (AvgIpc) is 2.95. The smallest absolute Gasteiger partial charge is 0.222 e. The summed E-state index contributed by atoms with van der Waals surface area (Å²) in [5, 5.41) is 4.16. The maximum Gasteiger partial charge on any atom is 0.222 e. The summed E-state index contributed by atoms with van der Waals surface area (Å²) in [4.78, 5) is 9.93. The van der Waals surface area contributed by atoms with Crippen LogP contribution >= 0.6 is 11.3 Å². The number of aromatic amines is 1. The van der Waals surface area contributed by atoms with Gasteiger partial charge >= 0.3 is 0 Å². The van der Waals surface area contributed by atoms with E-state index in [1.165, 1.54) is 4.88 Å². The molecule has 0 unspecified atom stereocenters. The maximum atomic E-state index is 4.37. The maximum absolute atomic E-state index is 4.37. The van der Waals surface area contributed by atoms with Crippen LogP contribution in [0.4, 0.5) is 5.95 Å². The van der Waals surface area contributed by atoms with Gasteiger partial charge in [0, 0.05) is 9.75 Å². The second-order valence-electron chi connectivity index (χ2n) is 3.92. The molecule has 2 N–H and O–H groups in total. The van der Waals surface area contributed by atoms with Gasteiger partial charge in [-0.3, -0.25) is 0 Å². The lowest BCUT2D eigenvalue weighted by Gasteiger charge is -1.91. The highest BCUT2D eigenvalue weighted by Crippen LogP contribution is 2.14. The standard InChI is InChI=1S/C13H12N4S/c1-9-6-7-10(18-9)8-14-17-13-15-11-4-2-3-5-12(11)16-13/h2-8H,1H3,(H2,15,16,17)/b14-8+. The zero-order valence-electron chi connectivity index (χ0n) is 9.84. The number of fused-ring (bicyclic) bond motifs is 1. The molecule has 0 fully saturated rings. The third kappa shape index (κ3) is 2.26. The number of nitrogens with zero attached hydrogens (tertiary/aromatic N) is 2. The number of hydrogen-bond donors (Lipinski definition) is 2. The van der Waals surface area contributed by atoms with Gasteiger partial charge in [-0.25, -0.2) is 10.4 Å². The van der Waals surface area contributed by atoms with E-state index in [2.05, 4.69) is 33.5 Å². The number of imidazole rings is 1. The average molecular weight is 256 g/mol. The van der Waals surface area contributed by atoms with Crippen molar-refractivity contribution in [2.75, 3.05) is 5.43 Å². The van der Waals surface area contributed by atoms with E-state index in [0.717, 1.165) is 15.9 Å². The van der Waals surface area contributed by atoms with Crippen molar-refractivity contribution >= 4 is 34.5 Å². The van der Waals surface area contributed by atoms with E-state index in [-0.39, 0.29) is 0 Å². The SMILES string of the molecule is Cc1ccc(/C=N/Nc2nc3ccccc3[nH]2)s1. The van der Waals surface area contributed by atoms with E-state index in [1.54, 1.807) is 17.6 Å². The van der Waals surface area contributed by atoms with Crippen molar-refractivity contribution in [3.63, 3.8) is 0 Å². The van der Waals surface area contributed by atoms with E-state index >= 15 is 0 Å². The molecule has 3 rings (SSSR count). The monoisotopic (exact) mass is 256 g/mol. The molecular weight excluding hydrogens is 244 g/mol. The lowest BCUT2D eigenvalue weighted by atomic mass is 10.3. The van der Waals surface area contributed by atoms with Gasteiger partial charge in [0.05, 0.1) is 17.2 Å². The predicted octanol–water partition coefficient (Wildman–Crippen LogP) is 3.38. The number of anilines is 1. The van der Waals surface area contributed by atoms with E-state index < -0.39 is 0 Å². The molecule has 0 amide bonds. The largest absolute Gasteiger partial charge is 0.323 e. The second-order valence-corrected chi connectivity index (χ2v) is 5.24. The Hall–Kier alpha value is -2.14. The molecule has 0 atom stereocenters. The Balaban J connectivity index is 1.74. The number of aromatic nitrogens is 2. The first kappa shape index (κ1) is 11.0. The van der Waals surface area contributed by atoms with Gasteiger partial charge in [0.1, 0.15) is 0 Å². The summed E-state index contributed by atoms with van der Waals surface area (Å²) in [6.45, 7) is 2.08. The van der Waals surface area contributed by atoms with Gasteiger partial charge in [0.15, 0.2) is 0 Å². The van der Waals surface area contributed by atoms with Crippen LogP contribution < -0.4 is 5.43 Å². The van der Waals surface area contributed by atoms with Crippen molar-refractivity contribution in [1.29, 1.82) is 0 Å². The van der Waals surface area contributed by atoms with Crippen molar-refractivity contribution < 1.29 is 0 Å². The second kappa shape index (κ2) is 4.62. The van der Waals surface area contributed by atoms with Crippen LogP contribution in [-0.2, 0) is 0 Å². The number of benzene rings is 1. The topological polar surface area (TPSA) is 53.1 Å². The summed E-state index contributed by atoms with van der Waals surface area (Å²) < 4.78 is 0. The molecule has 2 aromatic heterocycles. The van der Waals surface area contributed by atoms with Crippen LogP contribution in [0.3, 0.4) is 0 Å². The fourth-order valence-electron chi connectivity index (χ4n) is 1.69. The van der Waals surface area contributed by atoms with Crippen molar-refractivity contribution in [2.45, 2.75) is 6.92 Å². The summed E-state index contributed by atoms with van der Waals surface area (Å²) in [5.74, 6) is 0.653. The third-order valence-corrected chi connectivity index (χ3v) is 3.45. The highest BCUT2D eigenvalue weighted by molar-refractivity contribution is 7.13. The van der Waals surface area contributed by atoms with Gasteiger partial charge in [0.2, 0.25) is 5.95 Å². The molecule has 5 heteroatoms. The highest BCUT2D eigenvalue weighted by Gasteiger charge is 1.99. The Morgan fingerprint density at radius 3 is 2.94 bits per heavy atom. The summed E-state index contributed by atoms with van der Waals surface area (Å²) in [6.07, 6.45) is 1.80. The number of aryl methyl sites for hydroxylation is 1. The lowest BCUT2D eigenvalue weighted by molar-refractivity contribution is 1.22. The van der Waals surface area contributed by atoms with Crippen LogP contribution in [0, 0.1) is 6.92 Å². The zero-order chi connectivity index (χ0) is 12.4. The summed E-state index contributed by atoms with van der Waals surface area (Å²) >= 11 is 1.71. The fourth-order valence-corrected chi connectivity index (χ4v) is 2.43. The number of hydrogen-bond acceptors (Lipinski definition) is 4. The third-order valence-electron chi connectivity index (χ3n) is 2.51. The molecule has 0 saturated heterocycles. The number of nitrogens with one attached hydrogen (secondary N) is 2. The molecule has 0 radical (unpaired) electrons. The van der Waals surface area contributed by atoms with Crippen molar-refractivity contribution in [3.8, 4) is 0 Å². The minimum atomic E-state index is 0.653. The molecule has 0 bridgehead atoms. The Bertz CT molecular complexity index is 663. The number of hydrazone groups is 1.